The van der Waals surface area contributed by atoms with E-state index in [1.54, 1.807) is 0 Å². The van der Waals surface area contributed by atoms with Gasteiger partial charge in [-0.15, -0.1) is 25.6 Å². The molecule has 1 heterocycles. The van der Waals surface area contributed by atoms with E-state index in [1.807, 2.05) is 0 Å². The van der Waals surface area contributed by atoms with Crippen molar-refractivity contribution >= 4 is 24.0 Å². The lowest BCUT2D eigenvalue weighted by Crippen LogP contribution is -2.49. The molecule has 1 fully saturated rings. The summed E-state index contributed by atoms with van der Waals surface area (Å²) >= 11 is 5.65. The number of piperazine rings is 1. The zero-order valence-electron chi connectivity index (χ0n) is 12.0. The van der Waals surface area contributed by atoms with Gasteiger partial charge in [-0.3, -0.25) is 4.90 Å². The first kappa shape index (κ1) is 21.1. The van der Waals surface area contributed by atoms with Crippen LogP contribution in [0, 0.1) is 0 Å². The van der Waals surface area contributed by atoms with E-state index in [-0.39, 0.29) is 31.1 Å². The van der Waals surface area contributed by atoms with Crippen molar-refractivity contribution in [2.45, 2.75) is 18.6 Å². The summed E-state index contributed by atoms with van der Waals surface area (Å²) in [6.07, 6.45) is -9.54. The summed E-state index contributed by atoms with van der Waals surface area (Å²) in [4.78, 5) is 1.21. The fourth-order valence-electron chi connectivity index (χ4n) is 2.44. The van der Waals surface area contributed by atoms with Crippen LogP contribution in [0.15, 0.2) is 18.2 Å². The molecule has 0 aromatic heterocycles. The minimum Gasteiger partial charge on any atom is -0.404 e. The van der Waals surface area contributed by atoms with Crippen LogP contribution < -0.4 is 10.1 Å². The van der Waals surface area contributed by atoms with Crippen LogP contribution in [-0.4, -0.2) is 43.6 Å². The van der Waals surface area contributed by atoms with E-state index in [1.165, 1.54) is 4.90 Å². The fraction of sp³-hybridized carbons (Fsp3) is 0.538. The van der Waals surface area contributed by atoms with Gasteiger partial charge in [0.25, 0.3) is 0 Å². The maximum Gasteiger partial charge on any atom is 0.573 e. The highest BCUT2D eigenvalue weighted by atomic mass is 35.5. The number of benzene rings is 1. The lowest BCUT2D eigenvalue weighted by Gasteiger charge is -2.36. The Morgan fingerprint density at radius 3 is 2.12 bits per heavy atom. The van der Waals surface area contributed by atoms with Crippen LogP contribution in [0.5, 0.6) is 5.75 Å². The van der Waals surface area contributed by atoms with Gasteiger partial charge in [0.15, 0.2) is 0 Å². The summed E-state index contributed by atoms with van der Waals surface area (Å²) in [6.45, 7) is 1.14. The molecule has 0 amide bonds. The molecule has 1 saturated heterocycles. The summed E-state index contributed by atoms with van der Waals surface area (Å²) in [5.41, 5.74) is -0.223. The monoisotopic (exact) mass is 398 g/mol. The van der Waals surface area contributed by atoms with Crippen molar-refractivity contribution in [2.24, 2.45) is 0 Å². The molecule has 1 aliphatic heterocycles. The maximum atomic E-state index is 13.4. The number of halogens is 8. The Hall–Kier alpha value is -0.900. The van der Waals surface area contributed by atoms with Crippen LogP contribution in [-0.2, 0) is 0 Å². The molecule has 0 aliphatic carbocycles. The Labute approximate surface area is 145 Å². The van der Waals surface area contributed by atoms with Gasteiger partial charge in [0.2, 0.25) is 0 Å². The minimum absolute atomic E-state index is 0. The Balaban J connectivity index is 0.00000288. The van der Waals surface area contributed by atoms with E-state index in [9.17, 15) is 26.3 Å². The van der Waals surface area contributed by atoms with Crippen molar-refractivity contribution in [3.05, 3.63) is 28.8 Å². The molecular formula is C13H14Cl2F6N2O. The van der Waals surface area contributed by atoms with Crippen molar-refractivity contribution in [1.82, 2.24) is 10.2 Å². The fourth-order valence-corrected chi connectivity index (χ4v) is 2.67. The molecule has 138 valence electrons. The molecule has 1 aromatic carbocycles. The molecule has 24 heavy (non-hydrogen) atoms. The molecule has 0 spiro atoms. The van der Waals surface area contributed by atoms with E-state index in [4.69, 9.17) is 11.6 Å². The SMILES string of the molecule is Cl.FC(F)(F)Oc1ccc([C@@H](N2CCNCC2)C(F)(F)F)cc1Cl. The molecule has 0 saturated carbocycles. The van der Waals surface area contributed by atoms with Crippen molar-refractivity contribution < 1.29 is 31.1 Å². The number of hydrogen-bond donors (Lipinski definition) is 1. The third-order valence-electron chi connectivity index (χ3n) is 3.32. The Bertz CT molecular complexity index is 546. The highest BCUT2D eigenvalue weighted by Crippen LogP contribution is 2.40. The van der Waals surface area contributed by atoms with Crippen LogP contribution >= 0.6 is 24.0 Å². The zero-order valence-corrected chi connectivity index (χ0v) is 13.6. The first-order valence-electron chi connectivity index (χ1n) is 6.64. The lowest BCUT2D eigenvalue weighted by molar-refractivity contribution is -0.274. The molecule has 3 nitrogen and oxygen atoms in total. The molecular weight excluding hydrogens is 385 g/mol. The van der Waals surface area contributed by atoms with Gasteiger partial charge < -0.3 is 10.1 Å². The Kier molecular flexibility index (Phi) is 7.04. The van der Waals surface area contributed by atoms with Gasteiger partial charge in [-0.05, 0) is 17.7 Å². The van der Waals surface area contributed by atoms with Gasteiger partial charge in [-0.1, -0.05) is 17.7 Å². The van der Waals surface area contributed by atoms with E-state index in [0.29, 0.717) is 13.1 Å². The Morgan fingerprint density at radius 2 is 1.67 bits per heavy atom. The van der Waals surface area contributed by atoms with Crippen LogP contribution in [0.3, 0.4) is 0 Å². The normalized spacial score (nSPS) is 18.0. The third-order valence-corrected chi connectivity index (χ3v) is 3.62. The molecule has 1 aliphatic rings. The molecule has 2 rings (SSSR count). The highest BCUT2D eigenvalue weighted by molar-refractivity contribution is 6.32. The second-order valence-electron chi connectivity index (χ2n) is 4.97. The minimum atomic E-state index is -4.97. The smallest absolute Gasteiger partial charge is 0.404 e. The maximum absolute atomic E-state index is 13.4. The molecule has 0 unspecified atom stereocenters. The summed E-state index contributed by atoms with van der Waals surface area (Å²) in [6, 6.07) is 0.684. The topological polar surface area (TPSA) is 24.5 Å². The standard InChI is InChI=1S/C13H13ClF6N2O.ClH/c14-9-7-8(1-2-10(9)23-13(18,19)20)11(12(15,16)17)22-5-3-21-4-6-22;/h1-2,7,11,21H,3-6H2;1H/t11-;/m1./s1. The van der Waals surface area contributed by atoms with Gasteiger partial charge in [0.05, 0.1) is 5.02 Å². The lowest BCUT2D eigenvalue weighted by atomic mass is 10.0. The quantitative estimate of drug-likeness (QED) is 0.773. The van der Waals surface area contributed by atoms with Crippen molar-refractivity contribution in [1.29, 1.82) is 0 Å². The average molecular weight is 399 g/mol. The van der Waals surface area contributed by atoms with Gasteiger partial charge in [-0.25, -0.2) is 0 Å². The van der Waals surface area contributed by atoms with E-state index < -0.39 is 29.4 Å². The number of ether oxygens (including phenoxy) is 1. The van der Waals surface area contributed by atoms with Crippen LogP contribution in [0.1, 0.15) is 11.6 Å². The second-order valence-corrected chi connectivity index (χ2v) is 5.37. The summed E-state index contributed by atoms with van der Waals surface area (Å²) in [5, 5.41) is 2.41. The van der Waals surface area contributed by atoms with Gasteiger partial charge >= 0.3 is 12.5 Å². The number of nitrogens with zero attached hydrogens (tertiary/aromatic N) is 1. The molecule has 1 atom stereocenters. The average Bonchev–Trinajstić information content (AvgIpc) is 2.40. The molecule has 0 bridgehead atoms. The summed E-state index contributed by atoms with van der Waals surface area (Å²) in [7, 11) is 0. The number of rotatable bonds is 3. The first-order chi connectivity index (χ1) is 10.6. The van der Waals surface area contributed by atoms with Gasteiger partial charge in [-0.2, -0.15) is 13.2 Å². The molecule has 0 radical (unpaired) electrons. The number of hydrogen-bond acceptors (Lipinski definition) is 3. The van der Waals surface area contributed by atoms with Crippen LogP contribution in [0.25, 0.3) is 0 Å². The number of alkyl halides is 6. The molecule has 11 heteroatoms. The van der Waals surface area contributed by atoms with Gasteiger partial charge in [0, 0.05) is 26.2 Å². The van der Waals surface area contributed by atoms with Crippen LogP contribution in [0.2, 0.25) is 5.02 Å². The summed E-state index contributed by atoms with van der Waals surface area (Å²) in [5.74, 6) is -0.732. The third kappa shape index (κ3) is 5.58. The summed E-state index contributed by atoms with van der Waals surface area (Å²) < 4.78 is 80.3. The van der Waals surface area contributed by atoms with E-state index in [0.717, 1.165) is 18.2 Å². The van der Waals surface area contributed by atoms with Crippen molar-refractivity contribution in [2.75, 3.05) is 26.2 Å². The van der Waals surface area contributed by atoms with Crippen molar-refractivity contribution in [3.8, 4) is 5.75 Å². The largest absolute Gasteiger partial charge is 0.573 e. The Morgan fingerprint density at radius 1 is 1.08 bits per heavy atom. The first-order valence-corrected chi connectivity index (χ1v) is 7.02. The predicted octanol–water partition coefficient (Wildman–Crippen LogP) is 4.17. The van der Waals surface area contributed by atoms with E-state index in [2.05, 4.69) is 10.1 Å². The van der Waals surface area contributed by atoms with Crippen molar-refractivity contribution in [3.63, 3.8) is 0 Å². The second kappa shape index (κ2) is 7.99. The molecule has 1 N–H and O–H groups in total. The zero-order chi connectivity index (χ0) is 17.3. The highest BCUT2D eigenvalue weighted by Gasteiger charge is 2.45. The number of nitrogens with one attached hydrogen (secondary N) is 1. The van der Waals surface area contributed by atoms with E-state index >= 15 is 0 Å². The van der Waals surface area contributed by atoms with Crippen LogP contribution in [0.4, 0.5) is 26.3 Å². The predicted molar refractivity (Wildman–Crippen MR) is 78.6 cm³/mol. The molecule has 1 aromatic rings. The van der Waals surface area contributed by atoms with Gasteiger partial charge in [0.1, 0.15) is 11.8 Å².